The van der Waals surface area contributed by atoms with E-state index in [1.54, 1.807) is 0 Å². The highest BCUT2D eigenvalue weighted by Crippen LogP contribution is 2.26. The standard InChI is InChI=1S/C21H25N5/c1-5-9-16-15(2)17(14-22)21-24-18-10-6-7-11-19(18)26(21)20(16)23-12-8-13-25(3)4/h5-7,10-11H,1,8-9,12-13H2,2-4H3,(H,23,24)/p+1. The normalized spacial score (nSPS) is 11.2. The van der Waals surface area contributed by atoms with Crippen LogP contribution in [-0.4, -0.2) is 37.1 Å². The first kappa shape index (κ1) is 18.0. The molecule has 0 unspecified atom stereocenters. The van der Waals surface area contributed by atoms with E-state index in [4.69, 9.17) is 0 Å². The summed E-state index contributed by atoms with van der Waals surface area (Å²) in [4.78, 5) is 5.61. The predicted molar refractivity (Wildman–Crippen MR) is 106 cm³/mol. The molecule has 1 aromatic carbocycles. The van der Waals surface area contributed by atoms with E-state index in [-0.39, 0.29) is 0 Å². The van der Waals surface area contributed by atoms with Crippen molar-refractivity contribution in [3.05, 3.63) is 53.6 Å². The van der Waals surface area contributed by atoms with Gasteiger partial charge in [0, 0.05) is 12.1 Å². The van der Waals surface area contributed by atoms with Crippen LogP contribution in [0.15, 0.2) is 36.9 Å². The van der Waals surface area contributed by atoms with Crippen LogP contribution in [0, 0.1) is 18.3 Å². The number of hydrogen-bond acceptors (Lipinski definition) is 3. The minimum Gasteiger partial charge on any atom is -0.309 e. The van der Waals surface area contributed by atoms with Crippen molar-refractivity contribution in [2.45, 2.75) is 19.8 Å². The van der Waals surface area contributed by atoms with Crippen LogP contribution in [0.3, 0.4) is 0 Å². The molecule has 0 atom stereocenters. The zero-order valence-electron chi connectivity index (χ0n) is 15.8. The monoisotopic (exact) mass is 348 g/mol. The van der Waals surface area contributed by atoms with Gasteiger partial charge >= 0.3 is 0 Å². The van der Waals surface area contributed by atoms with E-state index in [2.05, 4.69) is 52.4 Å². The average Bonchev–Trinajstić information content (AvgIpc) is 3.00. The van der Waals surface area contributed by atoms with E-state index < -0.39 is 0 Å². The van der Waals surface area contributed by atoms with Gasteiger partial charge in [-0.15, -0.1) is 6.58 Å². The van der Waals surface area contributed by atoms with Crippen LogP contribution in [0.1, 0.15) is 23.1 Å². The Bertz CT molecular complexity index is 991. The second-order valence-corrected chi connectivity index (χ2v) is 6.84. The number of H-pyrrole nitrogens is 1. The Morgan fingerprint density at radius 3 is 2.81 bits per heavy atom. The Morgan fingerprint density at radius 1 is 1.35 bits per heavy atom. The average molecular weight is 348 g/mol. The molecular formula is C21H26N5+. The molecule has 3 rings (SSSR count). The first-order valence-corrected chi connectivity index (χ1v) is 8.96. The van der Waals surface area contributed by atoms with Crippen molar-refractivity contribution in [1.29, 1.82) is 5.26 Å². The number of imidazole rings is 1. The number of aromatic amines is 1. The molecule has 2 N–H and O–H groups in total. The number of rotatable bonds is 7. The van der Waals surface area contributed by atoms with Crippen LogP contribution < -0.4 is 9.72 Å². The van der Waals surface area contributed by atoms with E-state index in [0.717, 1.165) is 59.6 Å². The summed E-state index contributed by atoms with van der Waals surface area (Å²) in [5, 5.41) is 13.4. The molecule has 0 saturated carbocycles. The molecular weight excluding hydrogens is 322 g/mol. The van der Waals surface area contributed by atoms with Crippen LogP contribution in [-0.2, 0) is 6.42 Å². The Labute approximate surface area is 154 Å². The highest BCUT2D eigenvalue weighted by atomic mass is 15.1. The number of aromatic nitrogens is 2. The molecule has 134 valence electrons. The molecule has 0 radical (unpaired) electrons. The Hall–Kier alpha value is -2.84. The maximum atomic E-state index is 9.77. The van der Waals surface area contributed by atoms with Gasteiger partial charge in [0.15, 0.2) is 0 Å². The van der Waals surface area contributed by atoms with E-state index >= 15 is 0 Å². The number of hydrogen-bond donors (Lipinski definition) is 2. The van der Waals surface area contributed by atoms with Crippen molar-refractivity contribution in [2.75, 3.05) is 32.5 Å². The molecule has 5 nitrogen and oxygen atoms in total. The molecule has 2 aromatic heterocycles. The largest absolute Gasteiger partial charge is 0.309 e. The van der Waals surface area contributed by atoms with Gasteiger partial charge in [-0.3, -0.25) is 4.98 Å². The fraction of sp³-hybridized carbons (Fsp3) is 0.333. The summed E-state index contributed by atoms with van der Waals surface area (Å²) in [6.45, 7) is 7.83. The summed E-state index contributed by atoms with van der Waals surface area (Å²) in [7, 11) is 4.17. The number of nitrogens with zero attached hydrogens (tertiary/aromatic N) is 3. The van der Waals surface area contributed by atoms with Crippen molar-refractivity contribution in [1.82, 2.24) is 9.88 Å². The molecule has 0 spiro atoms. The summed E-state index contributed by atoms with van der Waals surface area (Å²) >= 11 is 0. The van der Waals surface area contributed by atoms with Crippen LogP contribution in [0.5, 0.6) is 0 Å². The number of fused-ring (bicyclic) bond motifs is 3. The molecule has 0 aliphatic heterocycles. The second kappa shape index (κ2) is 7.59. The van der Waals surface area contributed by atoms with Crippen molar-refractivity contribution < 1.29 is 4.40 Å². The number of anilines is 1. The van der Waals surface area contributed by atoms with E-state index in [1.165, 1.54) is 0 Å². The molecule has 0 saturated heterocycles. The van der Waals surface area contributed by atoms with Gasteiger partial charge in [-0.05, 0) is 51.6 Å². The fourth-order valence-electron chi connectivity index (χ4n) is 3.44. The summed E-state index contributed by atoms with van der Waals surface area (Å²) in [5.74, 6) is 1.05. The molecule has 0 aliphatic rings. The lowest BCUT2D eigenvalue weighted by Crippen LogP contribution is -2.30. The van der Waals surface area contributed by atoms with Gasteiger partial charge in [0.05, 0.1) is 6.54 Å². The molecule has 3 aromatic rings. The molecule has 26 heavy (non-hydrogen) atoms. The van der Waals surface area contributed by atoms with Gasteiger partial charge in [0.1, 0.15) is 22.7 Å². The van der Waals surface area contributed by atoms with E-state index in [9.17, 15) is 5.26 Å². The highest BCUT2D eigenvalue weighted by Gasteiger charge is 2.24. The van der Waals surface area contributed by atoms with Crippen LogP contribution >= 0.6 is 0 Å². The van der Waals surface area contributed by atoms with Crippen LogP contribution in [0.4, 0.5) is 5.82 Å². The van der Waals surface area contributed by atoms with E-state index in [1.807, 2.05) is 31.2 Å². The lowest BCUT2D eigenvalue weighted by atomic mass is 10.0. The third-order valence-electron chi connectivity index (χ3n) is 4.73. The van der Waals surface area contributed by atoms with Crippen molar-refractivity contribution in [3.63, 3.8) is 0 Å². The molecule has 0 bridgehead atoms. The summed E-state index contributed by atoms with van der Waals surface area (Å²) in [5.41, 5.74) is 5.76. The molecule has 2 heterocycles. The smallest absolute Gasteiger partial charge is 0.250 e. The van der Waals surface area contributed by atoms with Gasteiger partial charge in [-0.2, -0.15) is 9.66 Å². The minimum atomic E-state index is 0.692. The predicted octanol–water partition coefficient (Wildman–Crippen LogP) is 3.18. The highest BCUT2D eigenvalue weighted by molar-refractivity contribution is 5.78. The molecule has 0 amide bonds. The topological polar surface area (TPSA) is 59.0 Å². The zero-order valence-corrected chi connectivity index (χ0v) is 15.8. The first-order chi connectivity index (χ1) is 12.6. The molecule has 5 heteroatoms. The Kier molecular flexibility index (Phi) is 5.24. The van der Waals surface area contributed by atoms with Crippen LogP contribution in [0.2, 0.25) is 0 Å². The maximum absolute atomic E-state index is 9.77. The Morgan fingerprint density at radius 2 is 2.12 bits per heavy atom. The molecule has 0 aliphatic carbocycles. The third kappa shape index (κ3) is 3.16. The minimum absolute atomic E-state index is 0.692. The lowest BCUT2D eigenvalue weighted by Gasteiger charge is -2.14. The van der Waals surface area contributed by atoms with Gasteiger partial charge < -0.3 is 10.2 Å². The lowest BCUT2D eigenvalue weighted by molar-refractivity contribution is -0.465. The number of pyridine rings is 1. The van der Waals surface area contributed by atoms with Crippen molar-refractivity contribution >= 4 is 22.5 Å². The third-order valence-corrected chi connectivity index (χ3v) is 4.73. The van der Waals surface area contributed by atoms with Gasteiger partial charge in [0.2, 0.25) is 11.5 Å². The van der Waals surface area contributed by atoms with E-state index in [0.29, 0.717) is 5.56 Å². The molecule has 0 fully saturated rings. The zero-order chi connectivity index (χ0) is 18.7. The summed E-state index contributed by atoms with van der Waals surface area (Å²) in [6.07, 6.45) is 3.67. The first-order valence-electron chi connectivity index (χ1n) is 8.96. The number of nitrogens with one attached hydrogen (secondary N) is 2. The maximum Gasteiger partial charge on any atom is 0.250 e. The number of para-hydroxylation sites is 2. The summed E-state index contributed by atoms with van der Waals surface area (Å²) in [6, 6.07) is 10.5. The fourth-order valence-corrected chi connectivity index (χ4v) is 3.44. The van der Waals surface area contributed by atoms with Crippen molar-refractivity contribution in [3.8, 4) is 6.07 Å². The quantitative estimate of drug-likeness (QED) is 0.392. The summed E-state index contributed by atoms with van der Waals surface area (Å²) < 4.78 is 2.15. The van der Waals surface area contributed by atoms with Gasteiger partial charge in [-0.25, -0.2) is 0 Å². The van der Waals surface area contributed by atoms with Crippen molar-refractivity contribution in [2.24, 2.45) is 0 Å². The number of nitriles is 1. The number of allylic oxidation sites excluding steroid dienone is 1. The Balaban J connectivity index is 2.22. The second-order valence-electron chi connectivity index (χ2n) is 6.84. The number of benzene rings is 1. The SMILES string of the molecule is C=CCc1c(C)c(C#N)c2[nH]c3ccccc3[n+]2c1NCCCN(C)C. The van der Waals surface area contributed by atoms with Gasteiger partial charge in [0.25, 0.3) is 0 Å². The van der Waals surface area contributed by atoms with Gasteiger partial charge in [-0.1, -0.05) is 18.2 Å². The van der Waals surface area contributed by atoms with Crippen LogP contribution in [0.25, 0.3) is 16.7 Å².